The second kappa shape index (κ2) is 5.07. The highest BCUT2D eigenvalue weighted by Crippen LogP contribution is 2.29. The van der Waals surface area contributed by atoms with Crippen molar-refractivity contribution in [3.63, 3.8) is 0 Å². The minimum Gasteiger partial charge on any atom is -0.434 e. The van der Waals surface area contributed by atoms with Gasteiger partial charge in [0.2, 0.25) is 0 Å². The Morgan fingerprint density at radius 3 is 2.60 bits per heavy atom. The highest BCUT2D eigenvalue weighted by atomic mass is 127. The van der Waals surface area contributed by atoms with Crippen LogP contribution >= 0.6 is 34.2 Å². The molecular weight excluding hydrogens is 340 g/mol. The summed E-state index contributed by atoms with van der Waals surface area (Å²) in [4.78, 5) is 11.1. The van der Waals surface area contributed by atoms with Gasteiger partial charge in [-0.05, 0) is 41.6 Å². The predicted octanol–water partition coefficient (Wildman–Crippen LogP) is 3.75. The fourth-order valence-corrected chi connectivity index (χ4v) is 1.60. The molecule has 0 aliphatic heterocycles. The van der Waals surface area contributed by atoms with Gasteiger partial charge in [-0.15, -0.1) is 0 Å². The molecule has 1 rings (SSSR count). The molecule has 0 atom stereocenters. The Hall–Kier alpha value is -0.430. The van der Waals surface area contributed by atoms with Crippen LogP contribution in [-0.2, 0) is 0 Å². The van der Waals surface area contributed by atoms with E-state index in [0.717, 1.165) is 0 Å². The fourth-order valence-electron chi connectivity index (χ4n) is 0.997. The van der Waals surface area contributed by atoms with Crippen molar-refractivity contribution in [3.8, 4) is 5.75 Å². The minimum atomic E-state index is -2.96. The standard InChI is InChI=1S/C9H6ClF2IO2/c1-4(14)5-2-6(10)7(13)3-8(5)15-9(11)12/h2-3,9H,1H3. The van der Waals surface area contributed by atoms with E-state index < -0.39 is 6.61 Å². The number of ether oxygens (including phenoxy) is 1. The molecular formula is C9H6ClF2IO2. The van der Waals surface area contributed by atoms with Gasteiger partial charge in [0, 0.05) is 3.57 Å². The number of carbonyl (C=O) groups excluding carboxylic acids is 1. The van der Waals surface area contributed by atoms with Crippen LogP contribution in [0, 0.1) is 3.57 Å². The summed E-state index contributed by atoms with van der Waals surface area (Å²) in [6.07, 6.45) is 0. The van der Waals surface area contributed by atoms with Crippen LogP contribution in [-0.4, -0.2) is 12.4 Å². The van der Waals surface area contributed by atoms with E-state index in [9.17, 15) is 13.6 Å². The average Bonchev–Trinajstić information content (AvgIpc) is 2.09. The summed E-state index contributed by atoms with van der Waals surface area (Å²) >= 11 is 7.63. The number of benzene rings is 1. The molecule has 0 bridgehead atoms. The maximum Gasteiger partial charge on any atom is 0.387 e. The Bertz CT molecular complexity index is 396. The SMILES string of the molecule is CC(=O)c1cc(Cl)c(I)cc1OC(F)F. The smallest absolute Gasteiger partial charge is 0.387 e. The van der Waals surface area contributed by atoms with Crippen LogP contribution in [0.15, 0.2) is 12.1 Å². The lowest BCUT2D eigenvalue weighted by Gasteiger charge is -2.09. The van der Waals surface area contributed by atoms with Crippen LogP contribution in [0.1, 0.15) is 17.3 Å². The molecule has 0 heterocycles. The average molecular weight is 346 g/mol. The van der Waals surface area contributed by atoms with Gasteiger partial charge in [-0.25, -0.2) is 0 Å². The number of hydrogen-bond acceptors (Lipinski definition) is 2. The Morgan fingerprint density at radius 2 is 2.13 bits per heavy atom. The van der Waals surface area contributed by atoms with E-state index in [0.29, 0.717) is 8.59 Å². The van der Waals surface area contributed by atoms with E-state index in [1.54, 1.807) is 0 Å². The van der Waals surface area contributed by atoms with E-state index in [-0.39, 0.29) is 17.1 Å². The molecule has 0 unspecified atom stereocenters. The second-order valence-electron chi connectivity index (χ2n) is 2.70. The van der Waals surface area contributed by atoms with Crippen molar-refractivity contribution < 1.29 is 18.3 Å². The highest BCUT2D eigenvalue weighted by Gasteiger charge is 2.15. The van der Waals surface area contributed by atoms with Gasteiger partial charge >= 0.3 is 6.61 Å². The van der Waals surface area contributed by atoms with Gasteiger partial charge in [-0.1, -0.05) is 11.6 Å². The van der Waals surface area contributed by atoms with Crippen molar-refractivity contribution in [2.75, 3.05) is 0 Å². The molecule has 0 fully saturated rings. The van der Waals surface area contributed by atoms with Gasteiger partial charge < -0.3 is 4.74 Å². The number of rotatable bonds is 3. The summed E-state index contributed by atoms with van der Waals surface area (Å²) in [6.45, 7) is -1.70. The third-order valence-corrected chi connectivity index (χ3v) is 3.14. The second-order valence-corrected chi connectivity index (χ2v) is 4.27. The zero-order chi connectivity index (χ0) is 11.6. The number of hydrogen-bond donors (Lipinski definition) is 0. The first-order valence-electron chi connectivity index (χ1n) is 3.86. The van der Waals surface area contributed by atoms with Gasteiger partial charge in [0.15, 0.2) is 5.78 Å². The third kappa shape index (κ3) is 3.27. The lowest BCUT2D eigenvalue weighted by Crippen LogP contribution is -2.07. The van der Waals surface area contributed by atoms with Crippen molar-refractivity contribution in [1.29, 1.82) is 0 Å². The number of Topliss-reactive ketones (excluding diaryl/α,β-unsaturated/α-hetero) is 1. The van der Waals surface area contributed by atoms with Gasteiger partial charge in [-0.2, -0.15) is 8.78 Å². The monoisotopic (exact) mass is 346 g/mol. The van der Waals surface area contributed by atoms with Gasteiger partial charge in [0.05, 0.1) is 10.6 Å². The van der Waals surface area contributed by atoms with Crippen molar-refractivity contribution in [2.45, 2.75) is 13.5 Å². The van der Waals surface area contributed by atoms with Crippen LogP contribution in [0.25, 0.3) is 0 Å². The first-order chi connectivity index (χ1) is 6.91. The lowest BCUT2D eigenvalue weighted by molar-refractivity contribution is -0.0501. The molecule has 0 spiro atoms. The minimum absolute atomic E-state index is 0.0562. The van der Waals surface area contributed by atoms with Crippen molar-refractivity contribution in [1.82, 2.24) is 0 Å². The molecule has 0 radical (unpaired) electrons. The molecule has 82 valence electrons. The van der Waals surface area contributed by atoms with Crippen LogP contribution < -0.4 is 4.74 Å². The van der Waals surface area contributed by atoms with E-state index in [4.69, 9.17) is 11.6 Å². The topological polar surface area (TPSA) is 26.3 Å². The molecule has 0 aliphatic carbocycles. The quantitative estimate of drug-likeness (QED) is 0.615. The molecule has 1 aromatic carbocycles. The molecule has 0 amide bonds. The number of ketones is 1. The third-order valence-electron chi connectivity index (χ3n) is 1.62. The first kappa shape index (κ1) is 12.6. The Morgan fingerprint density at radius 1 is 1.53 bits per heavy atom. The van der Waals surface area contributed by atoms with Crippen LogP contribution in [0.4, 0.5) is 8.78 Å². The number of alkyl halides is 2. The van der Waals surface area contributed by atoms with Crippen LogP contribution in [0.5, 0.6) is 5.75 Å². The fraction of sp³-hybridized carbons (Fsp3) is 0.222. The number of halogens is 4. The molecule has 15 heavy (non-hydrogen) atoms. The molecule has 0 aliphatic rings. The maximum atomic E-state index is 12.0. The van der Waals surface area contributed by atoms with Crippen molar-refractivity contribution in [2.24, 2.45) is 0 Å². The maximum absolute atomic E-state index is 12.0. The Kier molecular flexibility index (Phi) is 4.27. The van der Waals surface area contributed by atoms with E-state index in [1.807, 2.05) is 22.6 Å². The van der Waals surface area contributed by atoms with E-state index >= 15 is 0 Å². The van der Waals surface area contributed by atoms with E-state index in [1.165, 1.54) is 19.1 Å². The zero-order valence-electron chi connectivity index (χ0n) is 7.56. The highest BCUT2D eigenvalue weighted by molar-refractivity contribution is 14.1. The summed E-state index contributed by atoms with van der Waals surface area (Å²) in [5.41, 5.74) is 0.0562. The summed E-state index contributed by atoms with van der Waals surface area (Å²) in [6, 6.07) is 2.63. The van der Waals surface area contributed by atoms with Gasteiger partial charge in [-0.3, -0.25) is 4.79 Å². The van der Waals surface area contributed by atoms with Gasteiger partial charge in [0.25, 0.3) is 0 Å². The van der Waals surface area contributed by atoms with Crippen molar-refractivity contribution in [3.05, 3.63) is 26.3 Å². The summed E-state index contributed by atoms with van der Waals surface area (Å²) < 4.78 is 28.8. The Balaban J connectivity index is 3.22. The van der Waals surface area contributed by atoms with E-state index in [2.05, 4.69) is 4.74 Å². The van der Waals surface area contributed by atoms with Crippen LogP contribution in [0.2, 0.25) is 5.02 Å². The summed E-state index contributed by atoms with van der Waals surface area (Å²) in [5.74, 6) is -0.518. The molecule has 2 nitrogen and oxygen atoms in total. The first-order valence-corrected chi connectivity index (χ1v) is 5.32. The molecule has 6 heteroatoms. The largest absolute Gasteiger partial charge is 0.434 e. The molecule has 0 saturated carbocycles. The van der Waals surface area contributed by atoms with Crippen molar-refractivity contribution >= 4 is 40.0 Å². The molecule has 1 aromatic rings. The van der Waals surface area contributed by atoms with Crippen LogP contribution in [0.3, 0.4) is 0 Å². The van der Waals surface area contributed by atoms with Gasteiger partial charge in [0.1, 0.15) is 5.75 Å². The molecule has 0 N–H and O–H groups in total. The Labute approximate surface area is 104 Å². The normalized spacial score (nSPS) is 10.5. The number of carbonyl (C=O) groups is 1. The summed E-state index contributed by atoms with van der Waals surface area (Å²) in [5, 5.41) is 0.336. The molecule has 0 saturated heterocycles. The molecule has 0 aromatic heterocycles. The predicted molar refractivity (Wildman–Crippen MR) is 60.8 cm³/mol. The lowest BCUT2D eigenvalue weighted by atomic mass is 10.1. The summed E-state index contributed by atoms with van der Waals surface area (Å²) in [7, 11) is 0. The zero-order valence-corrected chi connectivity index (χ0v) is 10.5.